The zero-order valence-electron chi connectivity index (χ0n) is 20.8. The molecule has 0 bridgehead atoms. The first kappa shape index (κ1) is 25.3. The molecule has 2 N–H and O–H groups in total. The molecule has 2 saturated heterocycles. The number of hydrogen-bond donors (Lipinski definition) is 2. The molecule has 2 heterocycles. The number of nitrogens with one attached hydrogen (secondary N) is 2. The van der Waals surface area contributed by atoms with E-state index in [1.165, 1.54) is 25.3 Å². The summed E-state index contributed by atoms with van der Waals surface area (Å²) in [6, 6.07) is 13.8. The molecule has 3 atom stereocenters. The second kappa shape index (κ2) is 11.8. The van der Waals surface area contributed by atoms with Crippen LogP contribution < -0.4 is 10.6 Å². The van der Waals surface area contributed by atoms with Crippen LogP contribution in [0, 0.1) is 17.7 Å². The standard InChI is InChI=1S/C28H37FN4O2/c1-20(34)23-6-3-7-26(16-23)30-28(35)31-27-12-14-32(2)18-24(27)19-33-13-4-5-22(17-33)15-21-8-10-25(29)11-9-21/h3,6-11,16,22,24,27H,4-5,12-15,17-19H2,1-2H3,(H2,30,31,35)/t22-,24-,27+/m0/s1. The van der Waals surface area contributed by atoms with E-state index in [9.17, 15) is 14.0 Å². The monoisotopic (exact) mass is 480 g/mol. The van der Waals surface area contributed by atoms with Crippen LogP contribution >= 0.6 is 0 Å². The van der Waals surface area contributed by atoms with Gasteiger partial charge in [-0.15, -0.1) is 0 Å². The van der Waals surface area contributed by atoms with Crippen LogP contribution in [0.3, 0.4) is 0 Å². The Morgan fingerprint density at radius 2 is 1.86 bits per heavy atom. The van der Waals surface area contributed by atoms with Gasteiger partial charge < -0.3 is 20.4 Å². The average Bonchev–Trinajstić information content (AvgIpc) is 2.83. The molecule has 0 aliphatic carbocycles. The fourth-order valence-electron chi connectivity index (χ4n) is 5.51. The zero-order chi connectivity index (χ0) is 24.8. The quantitative estimate of drug-likeness (QED) is 0.576. The third kappa shape index (κ3) is 7.36. The first-order chi connectivity index (χ1) is 16.9. The number of halogens is 1. The summed E-state index contributed by atoms with van der Waals surface area (Å²) in [5.74, 6) is 0.699. The van der Waals surface area contributed by atoms with Crippen molar-refractivity contribution in [3.63, 3.8) is 0 Å². The highest BCUT2D eigenvalue weighted by atomic mass is 19.1. The van der Waals surface area contributed by atoms with Crippen molar-refractivity contribution in [3.8, 4) is 0 Å². The number of likely N-dealkylation sites (tertiary alicyclic amines) is 2. The molecule has 6 nitrogen and oxygen atoms in total. The van der Waals surface area contributed by atoms with E-state index in [2.05, 4.69) is 27.5 Å². The Morgan fingerprint density at radius 3 is 2.63 bits per heavy atom. The van der Waals surface area contributed by atoms with E-state index < -0.39 is 0 Å². The molecule has 2 fully saturated rings. The normalized spacial score (nSPS) is 23.6. The molecule has 2 aromatic rings. The summed E-state index contributed by atoms with van der Waals surface area (Å²) < 4.78 is 13.3. The largest absolute Gasteiger partial charge is 0.335 e. The lowest BCUT2D eigenvalue weighted by molar-refractivity contribution is 0.0958. The van der Waals surface area contributed by atoms with Crippen LogP contribution in [0.2, 0.25) is 0 Å². The Balaban J connectivity index is 1.33. The van der Waals surface area contributed by atoms with Crippen molar-refractivity contribution < 1.29 is 14.0 Å². The molecular formula is C28H37FN4O2. The number of hydrogen-bond acceptors (Lipinski definition) is 4. The Bertz CT molecular complexity index is 1010. The van der Waals surface area contributed by atoms with E-state index >= 15 is 0 Å². The molecule has 0 spiro atoms. The molecule has 7 heteroatoms. The number of Topliss-reactive ketones (excluding diaryl/α,β-unsaturated/α-hetero) is 1. The SMILES string of the molecule is CC(=O)c1cccc(NC(=O)N[C@@H]2CCN(C)C[C@H]2CN2CCC[C@@H](Cc3ccc(F)cc3)C2)c1. The van der Waals surface area contributed by atoms with Crippen LogP contribution in [0.25, 0.3) is 0 Å². The number of carbonyl (C=O) groups is 2. The van der Waals surface area contributed by atoms with Crippen LogP contribution in [0.5, 0.6) is 0 Å². The van der Waals surface area contributed by atoms with E-state index in [0.29, 0.717) is 23.1 Å². The van der Waals surface area contributed by atoms with Gasteiger partial charge in [-0.2, -0.15) is 0 Å². The van der Waals surface area contributed by atoms with Gasteiger partial charge in [-0.05, 0) is 88.5 Å². The summed E-state index contributed by atoms with van der Waals surface area (Å²) in [4.78, 5) is 29.3. The van der Waals surface area contributed by atoms with Crippen molar-refractivity contribution in [1.29, 1.82) is 0 Å². The molecule has 2 aromatic carbocycles. The first-order valence-electron chi connectivity index (χ1n) is 12.7. The van der Waals surface area contributed by atoms with Gasteiger partial charge in [0.15, 0.2) is 5.78 Å². The van der Waals surface area contributed by atoms with Gasteiger partial charge in [0, 0.05) is 42.8 Å². The summed E-state index contributed by atoms with van der Waals surface area (Å²) in [5.41, 5.74) is 2.40. The fraction of sp³-hybridized carbons (Fsp3) is 0.500. The van der Waals surface area contributed by atoms with E-state index in [1.54, 1.807) is 36.4 Å². The van der Waals surface area contributed by atoms with Gasteiger partial charge in [-0.1, -0.05) is 24.3 Å². The van der Waals surface area contributed by atoms with Gasteiger partial charge >= 0.3 is 6.03 Å². The molecule has 4 rings (SSSR count). The molecule has 188 valence electrons. The highest BCUT2D eigenvalue weighted by Gasteiger charge is 2.32. The summed E-state index contributed by atoms with van der Waals surface area (Å²) in [6.07, 6.45) is 4.25. The van der Waals surface area contributed by atoms with Gasteiger partial charge in [-0.3, -0.25) is 4.79 Å². The molecule has 2 aliphatic rings. The Kier molecular flexibility index (Phi) is 8.52. The number of benzene rings is 2. The zero-order valence-corrected chi connectivity index (χ0v) is 20.8. The van der Waals surface area contributed by atoms with E-state index in [1.807, 2.05) is 12.1 Å². The number of urea groups is 1. The van der Waals surface area contributed by atoms with Gasteiger partial charge in [0.25, 0.3) is 0 Å². The third-order valence-corrected chi connectivity index (χ3v) is 7.31. The molecule has 0 aromatic heterocycles. The van der Waals surface area contributed by atoms with Crippen molar-refractivity contribution >= 4 is 17.5 Å². The summed E-state index contributed by atoms with van der Waals surface area (Å²) in [5, 5.41) is 6.11. The Hall–Kier alpha value is -2.77. The lowest BCUT2D eigenvalue weighted by Crippen LogP contribution is -2.55. The van der Waals surface area contributed by atoms with Gasteiger partial charge in [0.2, 0.25) is 0 Å². The molecule has 2 amide bonds. The van der Waals surface area contributed by atoms with Crippen molar-refractivity contribution in [2.75, 3.05) is 45.1 Å². The minimum atomic E-state index is -0.224. The predicted molar refractivity (Wildman–Crippen MR) is 137 cm³/mol. The number of piperidine rings is 2. The number of carbonyl (C=O) groups excluding carboxylic acids is 2. The highest BCUT2D eigenvalue weighted by molar-refractivity contribution is 5.96. The van der Waals surface area contributed by atoms with Crippen LogP contribution in [-0.4, -0.2) is 67.4 Å². The van der Waals surface area contributed by atoms with Crippen molar-refractivity contribution in [1.82, 2.24) is 15.1 Å². The topological polar surface area (TPSA) is 64.7 Å². The lowest BCUT2D eigenvalue weighted by Gasteiger charge is -2.41. The molecule has 0 unspecified atom stereocenters. The average molecular weight is 481 g/mol. The maximum atomic E-state index is 13.3. The molecule has 0 saturated carbocycles. The van der Waals surface area contributed by atoms with E-state index in [0.717, 1.165) is 45.6 Å². The van der Waals surface area contributed by atoms with Crippen molar-refractivity contribution in [2.45, 2.75) is 38.6 Å². The van der Waals surface area contributed by atoms with Gasteiger partial charge in [-0.25, -0.2) is 9.18 Å². The lowest BCUT2D eigenvalue weighted by atomic mass is 9.88. The smallest absolute Gasteiger partial charge is 0.319 e. The van der Waals surface area contributed by atoms with Crippen LogP contribution in [-0.2, 0) is 6.42 Å². The van der Waals surface area contributed by atoms with Crippen molar-refractivity contribution in [3.05, 3.63) is 65.5 Å². The Morgan fingerprint density at radius 1 is 1.06 bits per heavy atom. The molecular weight excluding hydrogens is 443 g/mol. The number of rotatable bonds is 7. The molecule has 35 heavy (non-hydrogen) atoms. The fourth-order valence-corrected chi connectivity index (χ4v) is 5.51. The minimum absolute atomic E-state index is 0.0243. The summed E-state index contributed by atoms with van der Waals surface area (Å²) in [7, 11) is 2.14. The van der Waals surface area contributed by atoms with E-state index in [4.69, 9.17) is 0 Å². The number of nitrogens with zero attached hydrogens (tertiary/aromatic N) is 2. The minimum Gasteiger partial charge on any atom is -0.335 e. The maximum absolute atomic E-state index is 13.3. The third-order valence-electron chi connectivity index (χ3n) is 7.31. The second-order valence-electron chi connectivity index (χ2n) is 10.3. The highest BCUT2D eigenvalue weighted by Crippen LogP contribution is 2.24. The second-order valence-corrected chi connectivity index (χ2v) is 10.3. The van der Waals surface area contributed by atoms with E-state index in [-0.39, 0.29) is 23.7 Å². The number of amides is 2. The van der Waals surface area contributed by atoms with Crippen LogP contribution in [0.1, 0.15) is 42.1 Å². The Labute approximate surface area is 207 Å². The first-order valence-corrected chi connectivity index (χ1v) is 12.7. The number of anilines is 1. The predicted octanol–water partition coefficient (Wildman–Crippen LogP) is 4.42. The molecule has 2 aliphatic heterocycles. The maximum Gasteiger partial charge on any atom is 0.319 e. The van der Waals surface area contributed by atoms with Gasteiger partial charge in [0.1, 0.15) is 5.82 Å². The molecule has 0 radical (unpaired) electrons. The van der Waals surface area contributed by atoms with Crippen LogP contribution in [0.15, 0.2) is 48.5 Å². The summed E-state index contributed by atoms with van der Waals surface area (Å²) >= 11 is 0. The van der Waals surface area contributed by atoms with Crippen molar-refractivity contribution in [2.24, 2.45) is 11.8 Å². The van der Waals surface area contributed by atoms with Crippen LogP contribution in [0.4, 0.5) is 14.9 Å². The number of ketones is 1. The van der Waals surface area contributed by atoms with Gasteiger partial charge in [0.05, 0.1) is 0 Å². The summed E-state index contributed by atoms with van der Waals surface area (Å²) in [6.45, 7) is 6.49.